The highest BCUT2D eigenvalue weighted by Crippen LogP contribution is 2.46. The number of hydrogen-bond acceptors (Lipinski definition) is 2. The lowest BCUT2D eigenvalue weighted by molar-refractivity contribution is 0.672. The van der Waals surface area contributed by atoms with Gasteiger partial charge in [0, 0.05) is 33.1 Å². The predicted octanol–water partition coefficient (Wildman–Crippen LogP) is 16.0. The first-order chi connectivity index (χ1) is 30.4. The van der Waals surface area contributed by atoms with Gasteiger partial charge >= 0.3 is 0 Å². The summed E-state index contributed by atoms with van der Waals surface area (Å²) in [7, 11) is 0. The van der Waals surface area contributed by atoms with Crippen molar-refractivity contribution in [3.8, 4) is 44.5 Å². The number of fused-ring (bicyclic) bond motifs is 6. The van der Waals surface area contributed by atoms with Gasteiger partial charge in [-0.15, -0.1) is 0 Å². The monoisotopic (exact) mass is 743 g/mol. The molecule has 0 atom stereocenters. The van der Waals surface area contributed by atoms with Gasteiger partial charge in [-0.25, -0.2) is 0 Å². The predicted molar refractivity (Wildman–Crippen MR) is 245 cm³/mol. The summed E-state index contributed by atoms with van der Waals surface area (Å²) in [5.74, 6) is 0. The van der Waals surface area contributed by atoms with E-state index in [2.05, 4.69) is 78.9 Å². The molecule has 0 unspecified atom stereocenters. The Morgan fingerprint density at radius 1 is 0.345 bits per heavy atom. The van der Waals surface area contributed by atoms with Gasteiger partial charge in [0.15, 0.2) is 0 Å². The molecule has 0 fully saturated rings. The molecule has 0 N–H and O–H groups in total. The van der Waals surface area contributed by atoms with E-state index in [9.17, 15) is 5.48 Å². The quantitative estimate of drug-likeness (QED) is 0.162. The standard InChI is InChI=1S/C56H37NO/c1-2-13-38(14-3-1)39-25-27-40(28-26-39)41-29-33-44(34-30-41)57(45-35-31-43(32-36-45)47-22-12-16-42-15-4-5-17-46(42)47)54-23-10-8-19-49(54)52-37-53-50-20-9-11-24-55(50)58-56(53)51-21-7-6-18-48(51)52/h1-37H/i29D,30D,33D,34D. The highest BCUT2D eigenvalue weighted by molar-refractivity contribution is 6.20. The molecule has 272 valence electrons. The summed E-state index contributed by atoms with van der Waals surface area (Å²) in [4.78, 5) is 1.90. The van der Waals surface area contributed by atoms with Crippen LogP contribution in [0.2, 0.25) is 0 Å². The molecular formula is C56H37NO. The Morgan fingerprint density at radius 2 is 0.914 bits per heavy atom. The van der Waals surface area contributed by atoms with E-state index in [1.54, 1.807) is 0 Å². The van der Waals surface area contributed by atoms with E-state index in [0.717, 1.165) is 76.9 Å². The van der Waals surface area contributed by atoms with Crippen LogP contribution >= 0.6 is 0 Å². The molecule has 2 heteroatoms. The van der Waals surface area contributed by atoms with Crippen LogP contribution in [-0.2, 0) is 0 Å². The number of para-hydroxylation sites is 2. The second-order valence-corrected chi connectivity index (χ2v) is 14.5. The van der Waals surface area contributed by atoms with E-state index in [-0.39, 0.29) is 35.4 Å². The van der Waals surface area contributed by atoms with Crippen LogP contribution in [0.15, 0.2) is 229 Å². The molecule has 10 aromatic carbocycles. The maximum absolute atomic E-state index is 9.73. The molecule has 0 spiro atoms. The molecule has 0 radical (unpaired) electrons. The Bertz CT molecular complexity index is 3470. The molecule has 11 aromatic rings. The third-order valence-electron chi connectivity index (χ3n) is 11.2. The van der Waals surface area contributed by atoms with Gasteiger partial charge in [-0.3, -0.25) is 0 Å². The van der Waals surface area contributed by atoms with E-state index >= 15 is 0 Å². The first kappa shape index (κ1) is 29.6. The van der Waals surface area contributed by atoms with Gasteiger partial charge in [0.25, 0.3) is 0 Å². The third-order valence-corrected chi connectivity index (χ3v) is 11.2. The van der Waals surface area contributed by atoms with Crippen molar-refractivity contribution in [1.82, 2.24) is 0 Å². The minimum absolute atomic E-state index is 0.111. The Morgan fingerprint density at radius 3 is 1.71 bits per heavy atom. The molecule has 0 bridgehead atoms. The Labute approximate surface area is 343 Å². The molecule has 0 amide bonds. The number of hydrogen-bond donors (Lipinski definition) is 0. The zero-order valence-electron chi connectivity index (χ0n) is 35.4. The van der Waals surface area contributed by atoms with Crippen molar-refractivity contribution >= 4 is 60.5 Å². The van der Waals surface area contributed by atoms with Crippen LogP contribution in [0.25, 0.3) is 88.0 Å². The summed E-state index contributed by atoms with van der Waals surface area (Å²) < 4.78 is 45.0. The van der Waals surface area contributed by atoms with Gasteiger partial charge in [0.2, 0.25) is 0 Å². The fraction of sp³-hybridized carbons (Fsp3) is 0. The maximum atomic E-state index is 9.73. The van der Waals surface area contributed by atoms with E-state index in [1.165, 1.54) is 0 Å². The second-order valence-electron chi connectivity index (χ2n) is 14.5. The molecule has 1 heterocycles. The van der Waals surface area contributed by atoms with Crippen LogP contribution < -0.4 is 4.90 Å². The lowest BCUT2D eigenvalue weighted by atomic mass is 9.93. The van der Waals surface area contributed by atoms with Crippen LogP contribution in [-0.4, -0.2) is 0 Å². The lowest BCUT2D eigenvalue weighted by Crippen LogP contribution is -2.11. The number of furan rings is 1. The summed E-state index contributed by atoms with van der Waals surface area (Å²) in [6.45, 7) is 0. The molecule has 2 nitrogen and oxygen atoms in total. The van der Waals surface area contributed by atoms with Gasteiger partial charge in [-0.2, -0.15) is 0 Å². The molecule has 58 heavy (non-hydrogen) atoms. The van der Waals surface area contributed by atoms with Crippen LogP contribution in [0.1, 0.15) is 5.48 Å². The number of nitrogens with zero attached hydrogens (tertiary/aromatic N) is 1. The third kappa shape index (κ3) is 5.82. The van der Waals surface area contributed by atoms with Crippen molar-refractivity contribution in [1.29, 1.82) is 0 Å². The zero-order chi connectivity index (χ0) is 41.9. The first-order valence-corrected chi connectivity index (χ1v) is 19.5. The molecule has 1 aromatic heterocycles. The molecule has 0 aliphatic carbocycles. The second kappa shape index (κ2) is 14.1. The van der Waals surface area contributed by atoms with E-state index in [1.807, 2.05) is 126 Å². The van der Waals surface area contributed by atoms with Crippen molar-refractivity contribution in [2.75, 3.05) is 4.90 Å². The fourth-order valence-corrected chi connectivity index (χ4v) is 8.34. The number of anilines is 3. The fourth-order valence-electron chi connectivity index (χ4n) is 8.34. The van der Waals surface area contributed by atoms with Crippen LogP contribution in [0.5, 0.6) is 0 Å². The van der Waals surface area contributed by atoms with Crippen molar-refractivity contribution in [2.24, 2.45) is 0 Å². The molecular weight excluding hydrogens is 703 g/mol. The van der Waals surface area contributed by atoms with Gasteiger partial charge < -0.3 is 9.32 Å². The summed E-state index contributed by atoms with van der Waals surface area (Å²) in [5, 5.41) is 6.26. The van der Waals surface area contributed by atoms with Crippen molar-refractivity contribution in [2.45, 2.75) is 0 Å². The molecule has 11 rings (SSSR count). The minimum atomic E-state index is -0.137. The summed E-state index contributed by atoms with van der Waals surface area (Å²) in [6, 6.07) is 66.6. The Balaban J connectivity index is 1.13. The van der Waals surface area contributed by atoms with E-state index in [0.29, 0.717) is 16.9 Å². The number of rotatable bonds is 7. The van der Waals surface area contributed by atoms with Gasteiger partial charge in [-0.1, -0.05) is 182 Å². The lowest BCUT2D eigenvalue weighted by Gasteiger charge is -2.28. The molecule has 0 aliphatic heterocycles. The van der Waals surface area contributed by atoms with Crippen LogP contribution in [0, 0.1) is 0 Å². The SMILES string of the molecule is [2H]c1c([2H])c(N(c2ccc(-c3cccc4ccccc34)cc2)c2ccccc2-c2cc3c4ccccc4oc3c3ccccc23)c([2H])c([2H])c1-c1ccc(-c2ccccc2)cc1. The van der Waals surface area contributed by atoms with E-state index in [4.69, 9.17) is 4.42 Å². The smallest absolute Gasteiger partial charge is 0.143 e. The van der Waals surface area contributed by atoms with Crippen molar-refractivity contribution < 1.29 is 9.90 Å². The average Bonchev–Trinajstić information content (AvgIpc) is 3.71. The van der Waals surface area contributed by atoms with Crippen molar-refractivity contribution in [3.63, 3.8) is 0 Å². The average molecular weight is 744 g/mol. The minimum Gasteiger partial charge on any atom is -0.455 e. The normalized spacial score (nSPS) is 12.4. The topological polar surface area (TPSA) is 16.4 Å². The van der Waals surface area contributed by atoms with Crippen LogP contribution in [0.3, 0.4) is 0 Å². The largest absolute Gasteiger partial charge is 0.455 e. The molecule has 0 aliphatic rings. The zero-order valence-corrected chi connectivity index (χ0v) is 31.4. The highest BCUT2D eigenvalue weighted by Gasteiger charge is 2.21. The molecule has 0 saturated carbocycles. The first-order valence-electron chi connectivity index (χ1n) is 21.5. The Hall–Kier alpha value is -7.68. The highest BCUT2D eigenvalue weighted by atomic mass is 16.3. The van der Waals surface area contributed by atoms with Crippen molar-refractivity contribution in [3.05, 3.63) is 224 Å². The Kier molecular flexibility index (Phi) is 7.20. The summed E-state index contributed by atoms with van der Waals surface area (Å²) in [5.41, 5.74) is 10.1. The summed E-state index contributed by atoms with van der Waals surface area (Å²) in [6.07, 6.45) is 0. The van der Waals surface area contributed by atoms with Gasteiger partial charge in [-0.05, 0) is 97.5 Å². The number of benzene rings is 10. The van der Waals surface area contributed by atoms with Gasteiger partial charge in [0.1, 0.15) is 11.2 Å². The van der Waals surface area contributed by atoms with Crippen LogP contribution in [0.4, 0.5) is 17.1 Å². The van der Waals surface area contributed by atoms with Gasteiger partial charge in [0.05, 0.1) is 11.2 Å². The van der Waals surface area contributed by atoms with E-state index < -0.39 is 0 Å². The summed E-state index contributed by atoms with van der Waals surface area (Å²) >= 11 is 0. The maximum Gasteiger partial charge on any atom is 0.143 e. The molecule has 0 saturated heterocycles.